The predicted molar refractivity (Wildman–Crippen MR) is 581 cm³/mol. The number of fused-ring (bicyclic) bond motifs is 3. The van der Waals surface area contributed by atoms with Gasteiger partial charge in [0, 0.05) is 73.3 Å². The maximum absolute atomic E-state index is 12.7. The number of hydrogen-bond acceptors (Lipinski definition) is 16. The average Bonchev–Trinajstić information content (AvgIpc) is 0.963. The fourth-order valence-corrected chi connectivity index (χ4v) is 16.9. The number of aromatic nitrogens is 7. The largest absolute Gasteiger partial charge is 0.497 e. The van der Waals surface area contributed by atoms with Crippen LogP contribution in [0.1, 0.15) is 295 Å². The number of likely N-dealkylation sites (tertiary alicyclic amines) is 1. The first kappa shape index (κ1) is 119. The van der Waals surface area contributed by atoms with Gasteiger partial charge in [-0.2, -0.15) is 18.2 Å². The van der Waals surface area contributed by atoms with E-state index < -0.39 is 17.9 Å². The van der Waals surface area contributed by atoms with Crippen molar-refractivity contribution in [2.45, 2.75) is 276 Å². The molecule has 3 N–H and O–H groups in total. The van der Waals surface area contributed by atoms with Gasteiger partial charge in [-0.25, -0.2) is 14.5 Å². The molecule has 5 aromatic heterocycles. The monoisotopic (exact) mass is 1980 g/mol. The van der Waals surface area contributed by atoms with Gasteiger partial charge in [0.25, 0.3) is 17.5 Å². The Hall–Kier alpha value is -11.2. The standard InChI is InChI=1S/C14H17NO2.C14H21NOS.C14H20O.C13H17F3N4.C13H18N2.C13H17NO.C13H21N.C13H20O2.C12H17NO2/c1-14(2,3)13-9-12(17-15-13)10-7-5-6-8-11(10)16-4;1-14(2,3)11-6-4-8-15(10-11)13(16)12-7-5-9-17-12;1-14(2,3)12-9-11(12)10-7-5-6-8-13(10)15-4;1-7-9(6-12(3,4)5)8(2)20-11(17-7)18-10(19-20)13(14,15)16;1-13(2,3)9-8-12-14-10-6-4-5-7-11(10)15-12;1-13(2,3)9-14-11-7-5-4-6-10(11)8-12(14)15;1-13(2,3)11-14(4)10-12-8-6-5-7-9-12;1-13(2,3)10-15-9-11-6-5-7-12(8-11)14-4;1-12(2,3)8-15-10-6-4-9(5-7-10)11(13)14/h5-9H,1-4H3;5,7,9,11H,4,6,8,10H2,1-3H3;5-8,11-12H,9H2,1-4H3;6H2,1-5H3;4-7H,8-9H2,1-3H3,(H,14,15);4-7H,8-9H2,1-3H3;5-9H,10-11H2,1-4H3;5-8H,9-10H2,1-4H3;4-7H,8H2,1-3H3,(H2,13,14). The van der Waals surface area contributed by atoms with Crippen LogP contribution in [0, 0.1) is 69.0 Å². The zero-order chi connectivity index (χ0) is 107. The molecule has 15 rings (SSSR count). The second-order valence-corrected chi connectivity index (χ2v) is 49.1. The molecule has 780 valence electrons. The summed E-state index contributed by atoms with van der Waals surface area (Å²) < 4.78 is 71.6. The van der Waals surface area contributed by atoms with Gasteiger partial charge in [-0.1, -0.05) is 301 Å². The number of piperidine rings is 1. The molecule has 0 bridgehead atoms. The summed E-state index contributed by atoms with van der Waals surface area (Å²) in [4.78, 5) is 57.6. The van der Waals surface area contributed by atoms with E-state index in [1.54, 1.807) is 70.8 Å². The molecular formula is C119H168F3N11O9S. The number of aromatic amines is 1. The van der Waals surface area contributed by atoms with Crippen LogP contribution in [0.5, 0.6) is 23.0 Å². The van der Waals surface area contributed by atoms with E-state index in [0.29, 0.717) is 70.1 Å². The number of amides is 3. The smallest absolute Gasteiger partial charge is 0.453 e. The van der Waals surface area contributed by atoms with Crippen molar-refractivity contribution in [3.05, 3.63) is 266 Å². The number of benzene rings is 7. The molecule has 20 nitrogen and oxygen atoms in total. The van der Waals surface area contributed by atoms with Crippen molar-refractivity contribution in [3.63, 3.8) is 0 Å². The van der Waals surface area contributed by atoms with Crippen LogP contribution in [0.4, 0.5) is 18.9 Å². The fourth-order valence-electron chi connectivity index (χ4n) is 16.2. The second-order valence-electron chi connectivity index (χ2n) is 48.1. The van der Waals surface area contributed by atoms with E-state index in [9.17, 15) is 27.6 Å². The molecule has 3 unspecified atom stereocenters. The lowest BCUT2D eigenvalue weighted by Crippen LogP contribution is -2.43. The first-order chi connectivity index (χ1) is 66.4. The van der Waals surface area contributed by atoms with Gasteiger partial charge in [-0.15, -0.1) is 16.4 Å². The number of thiophene rings is 1. The number of imidazole rings is 1. The topological polar surface area (TPSA) is 231 Å². The van der Waals surface area contributed by atoms with Crippen LogP contribution < -0.4 is 29.6 Å². The van der Waals surface area contributed by atoms with E-state index in [1.165, 1.54) is 28.5 Å². The third-order valence-corrected chi connectivity index (χ3v) is 24.5. The fraction of sp³-hybridized carbons (Fsp3) is 0.513. The number of methoxy groups -OCH3 is 3. The van der Waals surface area contributed by atoms with Gasteiger partial charge in [0.1, 0.15) is 28.8 Å². The highest BCUT2D eigenvalue weighted by molar-refractivity contribution is 7.12. The molecule has 2 aliphatic heterocycles. The minimum Gasteiger partial charge on any atom is -0.497 e. The number of halogens is 3. The highest BCUT2D eigenvalue weighted by Crippen LogP contribution is 2.58. The number of ether oxygens (including phenoxy) is 5. The minimum atomic E-state index is -4.56. The first-order valence-electron chi connectivity index (χ1n) is 50.1. The summed E-state index contributed by atoms with van der Waals surface area (Å²) in [6.45, 7) is 69.6. The molecule has 3 amide bonds. The number of alkyl halides is 3. The number of nitrogens with one attached hydrogen (secondary N) is 1. The Morgan fingerprint density at radius 2 is 1.21 bits per heavy atom. The average molecular weight is 1990 g/mol. The highest BCUT2D eigenvalue weighted by Gasteiger charge is 2.47. The van der Waals surface area contributed by atoms with Crippen molar-refractivity contribution in [2.75, 3.05) is 72.7 Å². The number of nitrogens with zero attached hydrogens (tertiary/aromatic N) is 9. The molecule has 1 aliphatic carbocycles. The van der Waals surface area contributed by atoms with Gasteiger partial charge < -0.3 is 53.6 Å². The van der Waals surface area contributed by atoms with E-state index in [0.717, 1.165) is 155 Å². The molecule has 24 heteroatoms. The van der Waals surface area contributed by atoms with Gasteiger partial charge >= 0.3 is 6.18 Å². The number of nitrogens with two attached hydrogens (primary N) is 1. The molecule has 0 spiro atoms. The Kier molecular flexibility index (Phi) is 43.2. The van der Waals surface area contributed by atoms with E-state index in [2.05, 4.69) is 284 Å². The maximum atomic E-state index is 12.7. The highest BCUT2D eigenvalue weighted by atomic mass is 32.1. The summed E-state index contributed by atoms with van der Waals surface area (Å²) in [5, 5.41) is 9.61. The summed E-state index contributed by atoms with van der Waals surface area (Å²) in [6, 6.07) is 63.7. The number of hydrogen-bond donors (Lipinski definition) is 2. The van der Waals surface area contributed by atoms with Crippen LogP contribution in [0.2, 0.25) is 0 Å². The van der Waals surface area contributed by atoms with Crippen molar-refractivity contribution in [1.29, 1.82) is 0 Å². The third-order valence-electron chi connectivity index (χ3n) is 23.7. The van der Waals surface area contributed by atoms with Gasteiger partial charge in [0.2, 0.25) is 11.8 Å². The number of rotatable bonds is 19. The lowest BCUT2D eigenvalue weighted by molar-refractivity contribution is -0.144. The van der Waals surface area contributed by atoms with Crippen molar-refractivity contribution in [1.82, 2.24) is 44.5 Å². The minimum absolute atomic E-state index is 0.00927. The Morgan fingerprint density at radius 3 is 1.76 bits per heavy atom. The number of primary amides is 1. The summed E-state index contributed by atoms with van der Waals surface area (Å²) in [6.07, 6.45) is 2.60. The van der Waals surface area contributed by atoms with Crippen LogP contribution in [-0.2, 0) is 53.5 Å². The molecule has 1 saturated heterocycles. The van der Waals surface area contributed by atoms with Crippen molar-refractivity contribution in [3.8, 4) is 34.3 Å². The quantitative estimate of drug-likeness (QED) is 0.0767. The van der Waals surface area contributed by atoms with Gasteiger partial charge in [0.05, 0.1) is 74.7 Å². The van der Waals surface area contributed by atoms with Crippen molar-refractivity contribution < 1.29 is 55.8 Å². The Bertz CT molecular complexity index is 5870. The second kappa shape index (κ2) is 52.0. The van der Waals surface area contributed by atoms with Crippen LogP contribution in [0.25, 0.3) is 28.1 Å². The summed E-state index contributed by atoms with van der Waals surface area (Å²) in [7, 11) is 7.26. The van der Waals surface area contributed by atoms with E-state index in [-0.39, 0.29) is 44.7 Å². The lowest BCUT2D eigenvalue weighted by Gasteiger charge is -2.39. The van der Waals surface area contributed by atoms with Crippen molar-refractivity contribution >= 4 is 51.6 Å². The molecule has 7 heterocycles. The van der Waals surface area contributed by atoms with Gasteiger partial charge in [-0.05, 0) is 226 Å². The Morgan fingerprint density at radius 1 is 0.601 bits per heavy atom. The molecule has 0 radical (unpaired) electrons. The number of carbonyl (C=O) groups is 3. The number of para-hydroxylation sites is 5. The number of aryl methyl sites for hydroxylation is 3. The molecule has 2 fully saturated rings. The molecular weight excluding hydrogens is 1820 g/mol. The van der Waals surface area contributed by atoms with Gasteiger partial charge in [-0.3, -0.25) is 14.4 Å². The zero-order valence-corrected chi connectivity index (χ0v) is 93.0. The molecule has 7 aromatic carbocycles. The zero-order valence-electron chi connectivity index (χ0n) is 92.2. The first-order valence-corrected chi connectivity index (χ1v) is 50.9. The predicted octanol–water partition coefficient (Wildman–Crippen LogP) is 29.3. The SMILES string of the molecule is CC(C)(C)C1CCCN(C(=O)c2cccs2)C1.CC(C)(C)CCc1nc2ccccc2[nH]1.CC(C)(C)CN1C(=O)Cc2ccccc21.CC(C)(C)COc1ccc(C(N)=O)cc1.CN(Cc1ccccc1)CC(C)(C)C.COc1cccc(COCC(C)(C)C)c1.COc1ccccc1-c1cc(C(C)(C)C)no1.COc1ccccc1C1CC1C(C)(C)C.Cc1nc2nc(C(F)(F)F)nn2c(C)c1CC(C)(C)C. The summed E-state index contributed by atoms with van der Waals surface area (Å²) in [5.41, 5.74) is 20.1. The van der Waals surface area contributed by atoms with Crippen molar-refractivity contribution in [2.24, 2.45) is 60.9 Å². The molecule has 3 aliphatic rings. The lowest BCUT2D eigenvalue weighted by atomic mass is 9.76. The Labute approximate surface area is 857 Å². The molecule has 12 aromatic rings. The third kappa shape index (κ3) is 41.4. The Balaban J connectivity index is 0.000000219. The van der Waals surface area contributed by atoms with E-state index in [4.69, 9.17) is 33.9 Å². The molecule has 1 saturated carbocycles. The summed E-state index contributed by atoms with van der Waals surface area (Å²) in [5.74, 6) is 6.34. The van der Waals surface area contributed by atoms with Crippen LogP contribution in [-0.4, -0.2) is 130 Å². The number of carbonyl (C=O) groups excluding carboxylic acids is 3. The van der Waals surface area contributed by atoms with E-state index >= 15 is 0 Å². The maximum Gasteiger partial charge on any atom is 0.453 e. The molecule has 143 heavy (non-hydrogen) atoms. The van der Waals surface area contributed by atoms with Crippen LogP contribution >= 0.6 is 11.3 Å². The normalized spacial score (nSPS) is 14.9. The van der Waals surface area contributed by atoms with E-state index in [1.807, 2.05) is 130 Å². The van der Waals surface area contributed by atoms with Gasteiger partial charge in [0.15, 0.2) is 5.76 Å². The summed E-state index contributed by atoms with van der Waals surface area (Å²) >= 11 is 1.54. The van der Waals surface area contributed by atoms with Crippen LogP contribution in [0.3, 0.4) is 0 Å². The molecule has 3 atom stereocenters. The number of H-pyrrole nitrogens is 1. The number of anilines is 1. The van der Waals surface area contributed by atoms with Crippen LogP contribution in [0.15, 0.2) is 204 Å².